The van der Waals surface area contributed by atoms with E-state index in [-0.39, 0.29) is 0 Å². The molecule has 1 aliphatic rings. The van der Waals surface area contributed by atoms with E-state index < -0.39 is 10.0 Å². The molecule has 0 saturated heterocycles. The van der Waals surface area contributed by atoms with Gasteiger partial charge in [-0.2, -0.15) is 5.10 Å². The van der Waals surface area contributed by atoms with Gasteiger partial charge in [0.05, 0.1) is 10.6 Å². The number of sulfonamides is 1. The first-order valence-electron chi connectivity index (χ1n) is 9.47. The van der Waals surface area contributed by atoms with Crippen LogP contribution in [0.5, 0.6) is 0 Å². The molecule has 1 heterocycles. The van der Waals surface area contributed by atoms with Gasteiger partial charge in [0.1, 0.15) is 0 Å². The van der Waals surface area contributed by atoms with Crippen molar-refractivity contribution >= 4 is 10.0 Å². The van der Waals surface area contributed by atoms with Gasteiger partial charge < -0.3 is 0 Å². The van der Waals surface area contributed by atoms with Crippen LogP contribution in [0.25, 0.3) is 0 Å². The lowest BCUT2D eigenvalue weighted by atomic mass is 9.84. The molecule has 142 valence electrons. The second kappa shape index (κ2) is 7.92. The van der Waals surface area contributed by atoms with E-state index in [0.717, 1.165) is 17.0 Å². The maximum absolute atomic E-state index is 12.6. The highest BCUT2D eigenvalue weighted by Crippen LogP contribution is 2.32. The molecule has 1 aliphatic carbocycles. The number of benzene rings is 1. The lowest BCUT2D eigenvalue weighted by molar-refractivity contribution is 0.443. The summed E-state index contributed by atoms with van der Waals surface area (Å²) in [7, 11) is -1.57. The Labute approximate surface area is 156 Å². The van der Waals surface area contributed by atoms with E-state index in [2.05, 4.69) is 9.82 Å². The normalized spacial score (nSPS) is 16.1. The minimum atomic E-state index is -3.47. The highest BCUT2D eigenvalue weighted by atomic mass is 32.2. The molecule has 3 rings (SSSR count). The van der Waals surface area contributed by atoms with E-state index in [9.17, 15) is 8.42 Å². The summed E-state index contributed by atoms with van der Waals surface area (Å²) in [5.41, 5.74) is 4.42. The van der Waals surface area contributed by atoms with E-state index in [0.29, 0.717) is 23.8 Å². The first-order chi connectivity index (χ1) is 12.4. The lowest BCUT2D eigenvalue weighted by Gasteiger charge is -2.22. The van der Waals surface area contributed by atoms with Gasteiger partial charge in [-0.15, -0.1) is 0 Å². The molecule has 0 atom stereocenters. The average Bonchev–Trinajstić information content (AvgIpc) is 2.88. The molecular weight excluding hydrogens is 346 g/mol. The van der Waals surface area contributed by atoms with Gasteiger partial charge in [-0.25, -0.2) is 13.1 Å². The number of rotatable bonds is 6. The molecule has 0 amide bonds. The third-order valence-corrected chi connectivity index (χ3v) is 7.07. The highest BCUT2D eigenvalue weighted by Gasteiger charge is 2.18. The minimum absolute atomic E-state index is 0.344. The number of hydrogen-bond acceptors (Lipinski definition) is 3. The summed E-state index contributed by atoms with van der Waals surface area (Å²) in [5.74, 6) is 0.588. The third-order valence-electron chi connectivity index (χ3n) is 5.59. The lowest BCUT2D eigenvalue weighted by Crippen LogP contribution is -2.26. The Balaban J connectivity index is 1.62. The van der Waals surface area contributed by atoms with Crippen molar-refractivity contribution in [3.63, 3.8) is 0 Å². The molecule has 1 N–H and O–H groups in total. The summed E-state index contributed by atoms with van der Waals surface area (Å²) in [4.78, 5) is 0.344. The van der Waals surface area contributed by atoms with Crippen molar-refractivity contribution in [3.8, 4) is 0 Å². The number of aryl methyl sites for hydroxylation is 2. The molecule has 2 aromatic rings. The van der Waals surface area contributed by atoms with Crippen molar-refractivity contribution < 1.29 is 8.42 Å². The number of hydrogen-bond donors (Lipinski definition) is 1. The molecule has 6 heteroatoms. The monoisotopic (exact) mass is 375 g/mol. The topological polar surface area (TPSA) is 64.0 Å². The van der Waals surface area contributed by atoms with Gasteiger partial charge in [-0.05, 0) is 62.3 Å². The van der Waals surface area contributed by atoms with Crippen molar-refractivity contribution in [2.45, 2.75) is 63.2 Å². The van der Waals surface area contributed by atoms with Crippen LogP contribution in [0.15, 0.2) is 29.2 Å². The fraction of sp³-hybridized carbons (Fsp3) is 0.550. The van der Waals surface area contributed by atoms with Crippen molar-refractivity contribution in [2.75, 3.05) is 6.54 Å². The van der Waals surface area contributed by atoms with Gasteiger partial charge in [0.25, 0.3) is 0 Å². The molecule has 0 radical (unpaired) electrons. The van der Waals surface area contributed by atoms with Crippen molar-refractivity contribution in [2.24, 2.45) is 7.05 Å². The Morgan fingerprint density at radius 3 is 2.35 bits per heavy atom. The van der Waals surface area contributed by atoms with Gasteiger partial charge in [-0.1, -0.05) is 31.4 Å². The van der Waals surface area contributed by atoms with Crippen LogP contribution in [0.3, 0.4) is 0 Å². The molecular formula is C20H29N3O2S. The highest BCUT2D eigenvalue weighted by molar-refractivity contribution is 7.89. The van der Waals surface area contributed by atoms with E-state index in [4.69, 9.17) is 0 Å². The third kappa shape index (κ3) is 4.18. The molecule has 26 heavy (non-hydrogen) atoms. The van der Waals surface area contributed by atoms with Gasteiger partial charge in [-0.3, -0.25) is 4.68 Å². The van der Waals surface area contributed by atoms with Gasteiger partial charge in [0, 0.05) is 19.3 Å². The predicted molar refractivity (Wildman–Crippen MR) is 104 cm³/mol. The van der Waals surface area contributed by atoms with Crippen LogP contribution in [0.1, 0.15) is 60.5 Å². The molecule has 1 aromatic carbocycles. The second-order valence-electron chi connectivity index (χ2n) is 7.32. The zero-order valence-electron chi connectivity index (χ0n) is 16.0. The number of aromatic nitrogens is 2. The summed E-state index contributed by atoms with van der Waals surface area (Å²) in [6.07, 6.45) is 6.95. The Morgan fingerprint density at radius 2 is 1.77 bits per heavy atom. The molecule has 5 nitrogen and oxygen atoms in total. The summed E-state index contributed by atoms with van der Waals surface area (Å²) in [6.45, 7) is 4.34. The summed E-state index contributed by atoms with van der Waals surface area (Å²) in [5, 5.41) is 4.38. The smallest absolute Gasteiger partial charge is 0.240 e. The molecule has 1 aromatic heterocycles. The second-order valence-corrected chi connectivity index (χ2v) is 9.09. The first kappa shape index (κ1) is 19.1. The Kier molecular flexibility index (Phi) is 5.82. The Bertz CT molecular complexity index is 848. The van der Waals surface area contributed by atoms with E-state index in [1.165, 1.54) is 37.7 Å². The van der Waals surface area contributed by atoms with Crippen molar-refractivity contribution in [1.82, 2.24) is 14.5 Å². The molecule has 0 spiro atoms. The summed E-state index contributed by atoms with van der Waals surface area (Å²) in [6, 6.07) is 7.46. The van der Waals surface area contributed by atoms with Crippen LogP contribution >= 0.6 is 0 Å². The zero-order chi connectivity index (χ0) is 18.7. The standard InChI is InChI=1S/C20H29N3O2S/c1-15-20(16(2)23(3)22-15)13-14-21-26(24,25)19-11-9-18(10-12-19)17-7-5-4-6-8-17/h9-12,17,21H,4-8,13-14H2,1-3H3. The fourth-order valence-electron chi connectivity index (χ4n) is 3.93. The molecule has 1 fully saturated rings. The Morgan fingerprint density at radius 1 is 1.12 bits per heavy atom. The molecule has 0 aliphatic heterocycles. The van der Waals surface area contributed by atoms with Gasteiger partial charge >= 0.3 is 0 Å². The SMILES string of the molecule is Cc1nn(C)c(C)c1CCNS(=O)(=O)c1ccc(C2CCCCC2)cc1. The maximum Gasteiger partial charge on any atom is 0.240 e. The van der Waals surface area contributed by atoms with Gasteiger partial charge in [0.2, 0.25) is 10.0 Å². The van der Waals surface area contributed by atoms with Crippen LogP contribution in [0, 0.1) is 13.8 Å². The predicted octanol–water partition coefficient (Wildman–Crippen LogP) is 3.61. The zero-order valence-corrected chi connectivity index (χ0v) is 16.8. The molecule has 1 saturated carbocycles. The minimum Gasteiger partial charge on any atom is -0.272 e. The van der Waals surface area contributed by atoms with E-state index in [1.807, 2.05) is 37.7 Å². The molecule has 0 bridgehead atoms. The summed E-state index contributed by atoms with van der Waals surface area (Å²) < 4.78 is 29.7. The number of nitrogens with one attached hydrogen (secondary N) is 1. The van der Waals surface area contributed by atoms with Crippen LogP contribution in [-0.4, -0.2) is 24.7 Å². The molecule has 0 unspecified atom stereocenters. The quantitative estimate of drug-likeness (QED) is 0.839. The van der Waals surface area contributed by atoms with E-state index >= 15 is 0 Å². The Hall–Kier alpha value is -1.66. The van der Waals surface area contributed by atoms with Crippen LogP contribution < -0.4 is 4.72 Å². The maximum atomic E-state index is 12.6. The summed E-state index contributed by atoms with van der Waals surface area (Å²) >= 11 is 0. The number of nitrogens with zero attached hydrogens (tertiary/aromatic N) is 2. The van der Waals surface area contributed by atoms with Crippen LogP contribution in [-0.2, 0) is 23.5 Å². The fourth-order valence-corrected chi connectivity index (χ4v) is 4.96. The average molecular weight is 376 g/mol. The van der Waals surface area contributed by atoms with Gasteiger partial charge in [0.15, 0.2) is 0 Å². The van der Waals surface area contributed by atoms with Crippen molar-refractivity contribution in [3.05, 3.63) is 46.8 Å². The van der Waals surface area contributed by atoms with E-state index in [1.54, 1.807) is 12.1 Å². The van der Waals surface area contributed by atoms with Crippen LogP contribution in [0.4, 0.5) is 0 Å². The first-order valence-corrected chi connectivity index (χ1v) is 11.0. The van der Waals surface area contributed by atoms with Crippen molar-refractivity contribution in [1.29, 1.82) is 0 Å². The van der Waals surface area contributed by atoms with Crippen LogP contribution in [0.2, 0.25) is 0 Å². The largest absolute Gasteiger partial charge is 0.272 e.